The first-order chi connectivity index (χ1) is 8.70. The summed E-state index contributed by atoms with van der Waals surface area (Å²) < 4.78 is 5.90. The zero-order valence-corrected chi connectivity index (χ0v) is 10.4. The van der Waals surface area contributed by atoms with E-state index in [0.29, 0.717) is 11.3 Å². The second kappa shape index (κ2) is 5.68. The molecule has 2 rings (SSSR count). The zero-order chi connectivity index (χ0) is 13.0. The molecule has 0 atom stereocenters. The van der Waals surface area contributed by atoms with Crippen LogP contribution in [0.4, 0.5) is 0 Å². The molecule has 0 unspecified atom stereocenters. The third-order valence-electron chi connectivity index (χ3n) is 3.13. The molecule has 0 saturated carbocycles. The van der Waals surface area contributed by atoms with Crippen molar-refractivity contribution in [3.05, 3.63) is 24.0 Å². The van der Waals surface area contributed by atoms with Crippen molar-refractivity contribution < 1.29 is 9.94 Å². The van der Waals surface area contributed by atoms with E-state index in [2.05, 4.69) is 22.1 Å². The molecular formula is C12H18N4O2. The molecule has 6 nitrogen and oxygen atoms in total. The molecule has 0 aromatic carbocycles. The molecule has 18 heavy (non-hydrogen) atoms. The molecule has 98 valence electrons. The van der Waals surface area contributed by atoms with Crippen LogP contribution in [-0.2, 0) is 0 Å². The second-order valence-electron chi connectivity index (χ2n) is 4.48. The van der Waals surface area contributed by atoms with E-state index >= 15 is 0 Å². The number of ether oxygens (including phenoxy) is 1. The maximum Gasteiger partial charge on any atom is 0.173 e. The highest BCUT2D eigenvalue weighted by atomic mass is 16.5. The van der Waals surface area contributed by atoms with Crippen molar-refractivity contribution >= 4 is 5.84 Å². The summed E-state index contributed by atoms with van der Waals surface area (Å²) in [5.41, 5.74) is 6.18. The predicted molar refractivity (Wildman–Crippen MR) is 67.9 cm³/mol. The van der Waals surface area contributed by atoms with Crippen LogP contribution in [0.15, 0.2) is 23.6 Å². The van der Waals surface area contributed by atoms with Crippen LogP contribution >= 0.6 is 0 Å². The van der Waals surface area contributed by atoms with Crippen molar-refractivity contribution in [2.75, 3.05) is 20.1 Å². The van der Waals surface area contributed by atoms with Crippen LogP contribution in [0, 0.1) is 0 Å². The molecule has 1 aliphatic heterocycles. The van der Waals surface area contributed by atoms with Gasteiger partial charge >= 0.3 is 0 Å². The fourth-order valence-corrected chi connectivity index (χ4v) is 2.02. The minimum atomic E-state index is 0.0420. The van der Waals surface area contributed by atoms with Crippen LogP contribution in [0.5, 0.6) is 5.75 Å². The summed E-state index contributed by atoms with van der Waals surface area (Å²) in [7, 11) is 2.10. The lowest BCUT2D eigenvalue weighted by atomic mass is 10.1. The minimum Gasteiger partial charge on any atom is -0.488 e. The van der Waals surface area contributed by atoms with Crippen molar-refractivity contribution in [2.45, 2.75) is 18.9 Å². The van der Waals surface area contributed by atoms with Gasteiger partial charge in [0.2, 0.25) is 0 Å². The SMILES string of the molecule is CN1CCC(Oc2cnccc2/C(N)=N/O)CC1. The molecule has 2 heterocycles. The fraction of sp³-hybridized carbons (Fsp3) is 0.500. The Hall–Kier alpha value is -1.82. The number of rotatable bonds is 3. The molecular weight excluding hydrogens is 232 g/mol. The number of hydrogen-bond acceptors (Lipinski definition) is 5. The standard InChI is InChI=1S/C12H18N4O2/c1-16-6-3-9(4-7-16)18-11-8-14-5-2-10(11)12(13)15-17/h2,5,8-9,17H,3-4,6-7H2,1H3,(H2,13,15). The van der Waals surface area contributed by atoms with Crippen molar-refractivity contribution in [1.29, 1.82) is 0 Å². The van der Waals surface area contributed by atoms with E-state index < -0.39 is 0 Å². The van der Waals surface area contributed by atoms with Crippen molar-refractivity contribution in [2.24, 2.45) is 10.9 Å². The summed E-state index contributed by atoms with van der Waals surface area (Å²) in [6.45, 7) is 2.04. The van der Waals surface area contributed by atoms with E-state index in [9.17, 15) is 0 Å². The molecule has 0 bridgehead atoms. The Morgan fingerprint density at radius 2 is 2.28 bits per heavy atom. The number of amidine groups is 1. The van der Waals surface area contributed by atoms with Crippen LogP contribution < -0.4 is 10.5 Å². The van der Waals surface area contributed by atoms with E-state index in [4.69, 9.17) is 15.7 Å². The highest BCUT2D eigenvalue weighted by Crippen LogP contribution is 2.21. The quantitative estimate of drug-likeness (QED) is 0.356. The number of pyridine rings is 1. The summed E-state index contributed by atoms with van der Waals surface area (Å²) in [5.74, 6) is 0.614. The Morgan fingerprint density at radius 1 is 1.56 bits per heavy atom. The first-order valence-electron chi connectivity index (χ1n) is 5.98. The van der Waals surface area contributed by atoms with E-state index in [0.717, 1.165) is 25.9 Å². The lowest BCUT2D eigenvalue weighted by Crippen LogP contribution is -2.36. The van der Waals surface area contributed by atoms with Gasteiger partial charge in [0.1, 0.15) is 11.9 Å². The zero-order valence-electron chi connectivity index (χ0n) is 10.4. The van der Waals surface area contributed by atoms with Gasteiger partial charge in [-0.25, -0.2) is 0 Å². The summed E-state index contributed by atoms with van der Waals surface area (Å²) in [6, 6.07) is 1.68. The summed E-state index contributed by atoms with van der Waals surface area (Å²) in [6.07, 6.45) is 5.30. The highest BCUT2D eigenvalue weighted by Gasteiger charge is 2.19. The lowest BCUT2D eigenvalue weighted by Gasteiger charge is -2.29. The van der Waals surface area contributed by atoms with Gasteiger partial charge in [-0.15, -0.1) is 0 Å². The largest absolute Gasteiger partial charge is 0.488 e. The Morgan fingerprint density at radius 3 is 2.94 bits per heavy atom. The monoisotopic (exact) mass is 250 g/mol. The van der Waals surface area contributed by atoms with Crippen LogP contribution in [0.25, 0.3) is 0 Å². The average molecular weight is 250 g/mol. The lowest BCUT2D eigenvalue weighted by molar-refractivity contribution is 0.113. The first kappa shape index (κ1) is 12.6. The average Bonchev–Trinajstić information content (AvgIpc) is 2.41. The molecule has 0 amide bonds. The maximum atomic E-state index is 8.73. The van der Waals surface area contributed by atoms with E-state index in [-0.39, 0.29) is 11.9 Å². The number of piperidine rings is 1. The van der Waals surface area contributed by atoms with Gasteiger partial charge in [-0.05, 0) is 26.0 Å². The molecule has 6 heteroatoms. The topological polar surface area (TPSA) is 84.0 Å². The number of oxime groups is 1. The Bertz CT molecular complexity index is 428. The van der Waals surface area contributed by atoms with Crippen LogP contribution in [0.3, 0.4) is 0 Å². The maximum absolute atomic E-state index is 8.73. The molecule has 1 fully saturated rings. The summed E-state index contributed by atoms with van der Waals surface area (Å²) in [5, 5.41) is 11.7. The van der Waals surface area contributed by atoms with Gasteiger partial charge < -0.3 is 20.6 Å². The van der Waals surface area contributed by atoms with Gasteiger partial charge in [0.15, 0.2) is 5.84 Å². The minimum absolute atomic E-state index is 0.0420. The Kier molecular flexibility index (Phi) is 3.99. The molecule has 0 aliphatic carbocycles. The fourth-order valence-electron chi connectivity index (χ4n) is 2.02. The molecule has 1 saturated heterocycles. The van der Waals surface area contributed by atoms with Crippen LogP contribution in [0.1, 0.15) is 18.4 Å². The number of likely N-dealkylation sites (tertiary alicyclic amines) is 1. The van der Waals surface area contributed by atoms with Gasteiger partial charge in [0.25, 0.3) is 0 Å². The van der Waals surface area contributed by atoms with Crippen molar-refractivity contribution in [1.82, 2.24) is 9.88 Å². The van der Waals surface area contributed by atoms with Gasteiger partial charge in [0, 0.05) is 19.3 Å². The third kappa shape index (κ3) is 2.89. The molecule has 0 radical (unpaired) electrons. The second-order valence-corrected chi connectivity index (χ2v) is 4.48. The van der Waals surface area contributed by atoms with Gasteiger partial charge in [-0.3, -0.25) is 4.98 Å². The van der Waals surface area contributed by atoms with Crippen molar-refractivity contribution in [3.8, 4) is 5.75 Å². The molecule has 1 aliphatic rings. The van der Waals surface area contributed by atoms with Gasteiger partial charge in [-0.2, -0.15) is 0 Å². The summed E-state index contributed by atoms with van der Waals surface area (Å²) >= 11 is 0. The molecule has 1 aromatic rings. The van der Waals surface area contributed by atoms with E-state index in [1.807, 2.05) is 0 Å². The van der Waals surface area contributed by atoms with Crippen LogP contribution in [-0.4, -0.2) is 47.2 Å². The number of aromatic nitrogens is 1. The first-order valence-corrected chi connectivity index (χ1v) is 5.98. The predicted octanol–water partition coefficient (Wildman–Crippen LogP) is 0.649. The highest BCUT2D eigenvalue weighted by molar-refractivity contribution is 5.99. The van der Waals surface area contributed by atoms with Gasteiger partial charge in [0.05, 0.1) is 11.8 Å². The Balaban J connectivity index is 2.09. The van der Waals surface area contributed by atoms with E-state index in [1.54, 1.807) is 18.5 Å². The number of nitrogens with two attached hydrogens (primary N) is 1. The molecule has 3 N–H and O–H groups in total. The smallest absolute Gasteiger partial charge is 0.173 e. The third-order valence-corrected chi connectivity index (χ3v) is 3.13. The summed E-state index contributed by atoms with van der Waals surface area (Å²) in [4.78, 5) is 6.29. The number of nitrogens with zero attached hydrogens (tertiary/aromatic N) is 3. The normalized spacial score (nSPS) is 18.8. The van der Waals surface area contributed by atoms with Crippen molar-refractivity contribution in [3.63, 3.8) is 0 Å². The molecule has 1 aromatic heterocycles. The van der Waals surface area contributed by atoms with E-state index in [1.165, 1.54) is 0 Å². The number of hydrogen-bond donors (Lipinski definition) is 2. The van der Waals surface area contributed by atoms with Crippen LogP contribution in [0.2, 0.25) is 0 Å². The Labute approximate surface area is 106 Å². The molecule has 0 spiro atoms. The van der Waals surface area contributed by atoms with Gasteiger partial charge in [-0.1, -0.05) is 5.16 Å².